The summed E-state index contributed by atoms with van der Waals surface area (Å²) in [4.78, 5) is 4.21. The molecule has 0 aliphatic carbocycles. The summed E-state index contributed by atoms with van der Waals surface area (Å²) < 4.78 is 5.86. The number of ether oxygens (including phenoxy) is 1. The van der Waals surface area contributed by atoms with Gasteiger partial charge < -0.3 is 15.4 Å². The minimum Gasteiger partial charge on any atom is -0.374 e. The number of thioether (sulfide) groups is 1. The van der Waals surface area contributed by atoms with E-state index in [2.05, 4.69) is 41.3 Å². The molecule has 0 amide bonds. The van der Waals surface area contributed by atoms with Crippen LogP contribution in [0.15, 0.2) is 48.0 Å². The third-order valence-electron chi connectivity index (χ3n) is 3.25. The van der Waals surface area contributed by atoms with Gasteiger partial charge in [-0.15, -0.1) is 30.6 Å². The highest BCUT2D eigenvalue weighted by Gasteiger charge is 2.04. The average Bonchev–Trinajstić information content (AvgIpc) is 2.60. The lowest BCUT2D eigenvalue weighted by molar-refractivity contribution is 0.0646. The summed E-state index contributed by atoms with van der Waals surface area (Å²) in [6.45, 7) is 8.28. The molecule has 1 unspecified atom stereocenters. The molecule has 1 aromatic rings. The Kier molecular flexibility index (Phi) is 15.3. The third kappa shape index (κ3) is 10.9. The SMILES string of the molecule is C=CCSCCNC(=NC)NCCCOC(C)c1ccccc1.I. The first-order valence-electron chi connectivity index (χ1n) is 8.07. The Hall–Kier alpha value is -0.730. The maximum absolute atomic E-state index is 5.86. The van der Waals surface area contributed by atoms with Crippen LogP contribution in [-0.4, -0.2) is 44.2 Å². The highest BCUT2D eigenvalue weighted by atomic mass is 127. The van der Waals surface area contributed by atoms with Gasteiger partial charge in [-0.1, -0.05) is 36.4 Å². The molecular formula is C18H30IN3OS. The number of guanidine groups is 1. The van der Waals surface area contributed by atoms with Crippen molar-refractivity contribution in [2.75, 3.05) is 38.2 Å². The van der Waals surface area contributed by atoms with Crippen LogP contribution in [0.1, 0.15) is 25.0 Å². The Bertz CT molecular complexity index is 457. The van der Waals surface area contributed by atoms with Crippen LogP contribution in [0.25, 0.3) is 0 Å². The van der Waals surface area contributed by atoms with E-state index in [1.165, 1.54) is 5.56 Å². The molecule has 0 heterocycles. The van der Waals surface area contributed by atoms with Crippen LogP contribution in [0.2, 0.25) is 0 Å². The van der Waals surface area contributed by atoms with E-state index in [1.807, 2.05) is 36.0 Å². The second-order valence-electron chi connectivity index (χ2n) is 5.07. The van der Waals surface area contributed by atoms with Crippen molar-refractivity contribution in [3.63, 3.8) is 0 Å². The lowest BCUT2D eigenvalue weighted by atomic mass is 10.1. The monoisotopic (exact) mass is 463 g/mol. The number of hydrogen-bond donors (Lipinski definition) is 2. The van der Waals surface area contributed by atoms with Gasteiger partial charge in [0.2, 0.25) is 0 Å². The summed E-state index contributed by atoms with van der Waals surface area (Å²) in [6.07, 6.45) is 3.01. The molecule has 0 fully saturated rings. The standard InChI is InChI=1S/C18H29N3OS.HI/c1-4-14-23-15-12-21-18(19-3)20-11-8-13-22-16(2)17-9-6-5-7-10-17;/h4-7,9-10,16H,1,8,11-15H2,2-3H3,(H2,19,20,21);1H. The number of aliphatic imine (C=N–C) groups is 1. The molecule has 24 heavy (non-hydrogen) atoms. The lowest BCUT2D eigenvalue weighted by Crippen LogP contribution is -2.39. The molecule has 6 heteroatoms. The van der Waals surface area contributed by atoms with E-state index in [-0.39, 0.29) is 30.1 Å². The number of rotatable bonds is 11. The lowest BCUT2D eigenvalue weighted by Gasteiger charge is -2.14. The van der Waals surface area contributed by atoms with Gasteiger partial charge in [0, 0.05) is 38.2 Å². The van der Waals surface area contributed by atoms with Gasteiger partial charge in [0.05, 0.1) is 6.10 Å². The molecule has 4 nitrogen and oxygen atoms in total. The predicted molar refractivity (Wildman–Crippen MR) is 118 cm³/mol. The summed E-state index contributed by atoms with van der Waals surface area (Å²) in [7, 11) is 1.79. The third-order valence-corrected chi connectivity index (χ3v) is 4.21. The van der Waals surface area contributed by atoms with Crippen LogP contribution in [-0.2, 0) is 4.74 Å². The van der Waals surface area contributed by atoms with Crippen LogP contribution in [0.3, 0.4) is 0 Å². The van der Waals surface area contributed by atoms with Gasteiger partial charge in [-0.3, -0.25) is 4.99 Å². The van der Waals surface area contributed by atoms with Crippen LogP contribution in [0.5, 0.6) is 0 Å². The number of hydrogen-bond acceptors (Lipinski definition) is 3. The molecule has 0 aliphatic rings. The van der Waals surface area contributed by atoms with Crippen molar-refractivity contribution < 1.29 is 4.74 Å². The van der Waals surface area contributed by atoms with E-state index in [0.717, 1.165) is 43.6 Å². The molecule has 0 bridgehead atoms. The van der Waals surface area contributed by atoms with Crippen molar-refractivity contribution in [2.45, 2.75) is 19.4 Å². The van der Waals surface area contributed by atoms with E-state index >= 15 is 0 Å². The fourth-order valence-corrected chi connectivity index (χ4v) is 2.57. The molecule has 2 N–H and O–H groups in total. The zero-order chi connectivity index (χ0) is 16.8. The zero-order valence-electron chi connectivity index (χ0n) is 14.7. The van der Waals surface area contributed by atoms with Crippen LogP contribution < -0.4 is 10.6 Å². The summed E-state index contributed by atoms with van der Waals surface area (Å²) in [5, 5.41) is 6.60. The highest BCUT2D eigenvalue weighted by Crippen LogP contribution is 2.15. The highest BCUT2D eigenvalue weighted by molar-refractivity contribution is 14.0. The van der Waals surface area contributed by atoms with E-state index in [1.54, 1.807) is 7.05 Å². The molecule has 0 aromatic heterocycles. The molecule has 0 saturated carbocycles. The molecule has 0 saturated heterocycles. The minimum absolute atomic E-state index is 0. The van der Waals surface area contributed by atoms with Gasteiger partial charge in [0.15, 0.2) is 5.96 Å². The van der Waals surface area contributed by atoms with E-state index in [4.69, 9.17) is 4.74 Å². The fourth-order valence-electron chi connectivity index (χ4n) is 1.99. The summed E-state index contributed by atoms with van der Waals surface area (Å²) in [6, 6.07) is 10.3. The number of benzene rings is 1. The van der Waals surface area contributed by atoms with Crippen molar-refractivity contribution >= 4 is 41.7 Å². The first kappa shape index (κ1) is 23.3. The van der Waals surface area contributed by atoms with E-state index in [9.17, 15) is 0 Å². The van der Waals surface area contributed by atoms with Crippen LogP contribution in [0, 0.1) is 0 Å². The second-order valence-corrected chi connectivity index (χ2v) is 6.22. The molecule has 0 spiro atoms. The van der Waals surface area contributed by atoms with Crippen molar-refractivity contribution in [1.82, 2.24) is 10.6 Å². The Morgan fingerprint density at radius 2 is 2.00 bits per heavy atom. The molecule has 0 aliphatic heterocycles. The number of nitrogens with zero attached hydrogens (tertiary/aromatic N) is 1. The normalized spacial score (nSPS) is 12.2. The quantitative estimate of drug-likeness (QED) is 0.172. The second kappa shape index (κ2) is 15.8. The fraction of sp³-hybridized carbons (Fsp3) is 0.500. The maximum atomic E-state index is 5.86. The first-order chi connectivity index (χ1) is 11.3. The van der Waals surface area contributed by atoms with Gasteiger partial charge >= 0.3 is 0 Å². The maximum Gasteiger partial charge on any atom is 0.191 e. The van der Waals surface area contributed by atoms with Gasteiger partial charge in [-0.2, -0.15) is 11.8 Å². The molecule has 136 valence electrons. The van der Waals surface area contributed by atoms with Gasteiger partial charge in [0.25, 0.3) is 0 Å². The van der Waals surface area contributed by atoms with Gasteiger partial charge in [-0.05, 0) is 18.9 Å². The number of nitrogens with one attached hydrogen (secondary N) is 2. The molecule has 1 aromatic carbocycles. The molecule has 1 atom stereocenters. The van der Waals surface area contributed by atoms with Crippen molar-refractivity contribution in [3.8, 4) is 0 Å². The predicted octanol–water partition coefficient (Wildman–Crippen LogP) is 3.86. The van der Waals surface area contributed by atoms with E-state index < -0.39 is 0 Å². The van der Waals surface area contributed by atoms with Gasteiger partial charge in [-0.25, -0.2) is 0 Å². The molecule has 0 radical (unpaired) electrons. The Morgan fingerprint density at radius 1 is 1.29 bits per heavy atom. The van der Waals surface area contributed by atoms with Crippen molar-refractivity contribution in [3.05, 3.63) is 48.6 Å². The smallest absolute Gasteiger partial charge is 0.191 e. The Morgan fingerprint density at radius 3 is 2.67 bits per heavy atom. The molecule has 1 rings (SSSR count). The topological polar surface area (TPSA) is 45.7 Å². The molecular weight excluding hydrogens is 433 g/mol. The van der Waals surface area contributed by atoms with Crippen LogP contribution in [0.4, 0.5) is 0 Å². The van der Waals surface area contributed by atoms with E-state index in [0.29, 0.717) is 0 Å². The summed E-state index contributed by atoms with van der Waals surface area (Å²) in [5.41, 5.74) is 1.22. The van der Waals surface area contributed by atoms with Crippen LogP contribution >= 0.6 is 35.7 Å². The largest absolute Gasteiger partial charge is 0.374 e. The Balaban J connectivity index is 0.00000529. The average molecular weight is 463 g/mol. The first-order valence-corrected chi connectivity index (χ1v) is 9.23. The summed E-state index contributed by atoms with van der Waals surface area (Å²) in [5.74, 6) is 2.88. The Labute approximate surface area is 167 Å². The van der Waals surface area contributed by atoms with Gasteiger partial charge in [0.1, 0.15) is 0 Å². The minimum atomic E-state index is 0. The van der Waals surface area contributed by atoms with Crippen molar-refractivity contribution in [1.29, 1.82) is 0 Å². The summed E-state index contributed by atoms with van der Waals surface area (Å²) >= 11 is 1.86. The van der Waals surface area contributed by atoms with Crippen molar-refractivity contribution in [2.24, 2.45) is 4.99 Å². The zero-order valence-corrected chi connectivity index (χ0v) is 17.8. The number of halogens is 1.